The Morgan fingerprint density at radius 3 is 2.65 bits per heavy atom. The van der Waals surface area contributed by atoms with E-state index in [1.165, 1.54) is 25.3 Å². The summed E-state index contributed by atoms with van der Waals surface area (Å²) in [7, 11) is 1.39. The zero-order valence-electron chi connectivity index (χ0n) is 19.6. The number of para-hydroxylation sites is 2. The molecular formula is C26H24BrN3O7. The molecule has 0 aliphatic carbocycles. The van der Waals surface area contributed by atoms with Gasteiger partial charge in [-0.15, -0.1) is 0 Å². The highest BCUT2D eigenvalue weighted by molar-refractivity contribution is 9.10. The largest absolute Gasteiger partial charge is 0.508 e. The van der Waals surface area contributed by atoms with Crippen LogP contribution in [0.3, 0.4) is 0 Å². The molecule has 1 aliphatic heterocycles. The molecule has 10 nitrogen and oxygen atoms in total. The number of rotatable bonds is 8. The van der Waals surface area contributed by atoms with Crippen molar-refractivity contribution in [2.24, 2.45) is 0 Å². The quantitative estimate of drug-likeness (QED) is 0.220. The van der Waals surface area contributed by atoms with E-state index in [9.17, 15) is 14.7 Å². The number of aromatic hydroxyl groups is 1. The molecule has 0 saturated heterocycles. The molecule has 0 radical (unpaired) electrons. The van der Waals surface area contributed by atoms with Gasteiger partial charge in [0, 0.05) is 35.0 Å². The SMILES string of the molecule is CO[C@@H](/C=C/C(=O)Nc1ccccc1N)[C@@H](OC(=O)Nc1ccc2c(c1)OCO2)c1cc(Br)ccc1O. The molecule has 37 heavy (non-hydrogen) atoms. The zero-order chi connectivity index (χ0) is 26.4. The Balaban J connectivity index is 1.54. The highest BCUT2D eigenvalue weighted by Crippen LogP contribution is 2.36. The van der Waals surface area contributed by atoms with Crippen LogP contribution < -0.4 is 25.8 Å². The van der Waals surface area contributed by atoms with E-state index in [0.717, 1.165) is 0 Å². The first kappa shape index (κ1) is 25.9. The van der Waals surface area contributed by atoms with Crippen LogP contribution in [0, 0.1) is 0 Å². The number of anilines is 3. The van der Waals surface area contributed by atoms with E-state index in [0.29, 0.717) is 33.0 Å². The number of fused-ring (bicyclic) bond motifs is 1. The van der Waals surface area contributed by atoms with Crippen molar-refractivity contribution in [3.05, 3.63) is 82.9 Å². The van der Waals surface area contributed by atoms with Crippen LogP contribution in [0.2, 0.25) is 0 Å². The van der Waals surface area contributed by atoms with Crippen molar-refractivity contribution in [2.75, 3.05) is 30.3 Å². The molecule has 3 aromatic rings. The Kier molecular flexibility index (Phi) is 8.16. The third-order valence-corrected chi connectivity index (χ3v) is 5.87. The number of carbonyl (C=O) groups is 2. The molecule has 0 bridgehead atoms. The number of benzene rings is 3. The highest BCUT2D eigenvalue weighted by atomic mass is 79.9. The van der Waals surface area contributed by atoms with Gasteiger partial charge in [-0.3, -0.25) is 10.1 Å². The summed E-state index contributed by atoms with van der Waals surface area (Å²) in [6.07, 6.45) is -0.223. The number of hydrogen-bond acceptors (Lipinski definition) is 8. The number of nitrogen functional groups attached to an aromatic ring is 1. The number of phenols is 1. The minimum absolute atomic E-state index is 0.0970. The first-order valence-corrected chi connectivity index (χ1v) is 11.9. The molecule has 2 atom stereocenters. The van der Waals surface area contributed by atoms with E-state index in [-0.39, 0.29) is 18.1 Å². The minimum atomic E-state index is -1.12. The molecule has 0 aromatic heterocycles. The van der Waals surface area contributed by atoms with Crippen molar-refractivity contribution in [2.45, 2.75) is 12.2 Å². The van der Waals surface area contributed by atoms with E-state index >= 15 is 0 Å². The molecule has 4 rings (SSSR count). The Labute approximate surface area is 221 Å². The van der Waals surface area contributed by atoms with Crippen LogP contribution in [0.4, 0.5) is 21.9 Å². The van der Waals surface area contributed by atoms with Crippen LogP contribution >= 0.6 is 15.9 Å². The van der Waals surface area contributed by atoms with E-state index in [4.69, 9.17) is 24.7 Å². The fraction of sp³-hybridized carbons (Fsp3) is 0.154. The van der Waals surface area contributed by atoms with Gasteiger partial charge < -0.3 is 35.1 Å². The Bertz CT molecular complexity index is 1330. The summed E-state index contributed by atoms with van der Waals surface area (Å²) in [4.78, 5) is 25.4. The summed E-state index contributed by atoms with van der Waals surface area (Å²) in [5, 5.41) is 15.8. The molecule has 0 spiro atoms. The fourth-order valence-electron chi connectivity index (χ4n) is 3.57. The van der Waals surface area contributed by atoms with Crippen LogP contribution in [0.25, 0.3) is 0 Å². The average molecular weight is 570 g/mol. The second-order valence-electron chi connectivity index (χ2n) is 7.86. The van der Waals surface area contributed by atoms with Gasteiger partial charge in [-0.2, -0.15) is 0 Å². The van der Waals surface area contributed by atoms with Gasteiger partial charge in [-0.05, 0) is 48.5 Å². The minimum Gasteiger partial charge on any atom is -0.508 e. The summed E-state index contributed by atoms with van der Waals surface area (Å²) in [6, 6.07) is 16.4. The smallest absolute Gasteiger partial charge is 0.412 e. The Morgan fingerprint density at radius 1 is 1.08 bits per heavy atom. The molecule has 0 saturated carbocycles. The molecule has 0 unspecified atom stereocenters. The highest BCUT2D eigenvalue weighted by Gasteiger charge is 2.29. The molecule has 5 N–H and O–H groups in total. The van der Waals surface area contributed by atoms with E-state index in [2.05, 4.69) is 26.6 Å². The lowest BCUT2D eigenvalue weighted by Gasteiger charge is -2.25. The third-order valence-electron chi connectivity index (χ3n) is 5.38. The number of halogens is 1. The number of nitrogens with two attached hydrogens (primary N) is 1. The van der Waals surface area contributed by atoms with Crippen molar-refractivity contribution < 1.29 is 33.6 Å². The van der Waals surface area contributed by atoms with Gasteiger partial charge in [0.05, 0.1) is 11.4 Å². The van der Waals surface area contributed by atoms with Crippen LogP contribution in [-0.4, -0.2) is 37.1 Å². The molecule has 11 heteroatoms. The number of nitrogens with one attached hydrogen (secondary N) is 2. The molecule has 1 aliphatic rings. The van der Waals surface area contributed by atoms with E-state index in [1.807, 2.05) is 0 Å². The second-order valence-corrected chi connectivity index (χ2v) is 8.77. The van der Waals surface area contributed by atoms with Crippen LogP contribution in [0.15, 0.2) is 77.3 Å². The van der Waals surface area contributed by atoms with Gasteiger partial charge >= 0.3 is 6.09 Å². The van der Waals surface area contributed by atoms with Crippen LogP contribution in [-0.2, 0) is 14.3 Å². The van der Waals surface area contributed by atoms with Gasteiger partial charge in [0.1, 0.15) is 11.9 Å². The third kappa shape index (κ3) is 6.51. The zero-order valence-corrected chi connectivity index (χ0v) is 21.2. The normalized spacial score (nSPS) is 13.7. The maximum atomic E-state index is 12.9. The monoisotopic (exact) mass is 569 g/mol. The van der Waals surface area contributed by atoms with Crippen molar-refractivity contribution in [1.29, 1.82) is 0 Å². The van der Waals surface area contributed by atoms with Gasteiger partial charge in [-0.1, -0.05) is 28.1 Å². The first-order chi connectivity index (χ1) is 17.8. The van der Waals surface area contributed by atoms with Crippen LogP contribution in [0.1, 0.15) is 11.7 Å². The maximum absolute atomic E-state index is 12.9. The van der Waals surface area contributed by atoms with Crippen molar-refractivity contribution in [1.82, 2.24) is 0 Å². The predicted molar refractivity (Wildman–Crippen MR) is 141 cm³/mol. The van der Waals surface area contributed by atoms with E-state index in [1.54, 1.807) is 54.6 Å². The first-order valence-electron chi connectivity index (χ1n) is 11.1. The maximum Gasteiger partial charge on any atom is 0.412 e. The number of carbonyl (C=O) groups excluding carboxylic acids is 2. The standard InChI is InChI=1S/C26H24BrN3O7/c1-34-22(10-11-24(32)30-19-5-3-2-4-18(19)28)25(17-12-15(27)6-8-20(17)31)37-26(33)29-16-7-9-21-23(13-16)36-14-35-21/h2-13,22,25,31H,14,28H2,1H3,(H,29,33)(H,30,32)/b11-10+/t22-,25-/m0/s1. The summed E-state index contributed by atoms with van der Waals surface area (Å²) in [5.41, 5.74) is 7.42. The molecule has 192 valence electrons. The number of methoxy groups -OCH3 is 1. The summed E-state index contributed by atoms with van der Waals surface area (Å²) in [5.74, 6) is 0.459. The molecular weight excluding hydrogens is 546 g/mol. The van der Waals surface area contributed by atoms with Crippen LogP contribution in [0.5, 0.6) is 17.2 Å². The van der Waals surface area contributed by atoms with Crippen molar-refractivity contribution >= 4 is 45.0 Å². The van der Waals surface area contributed by atoms with Gasteiger partial charge in [0.15, 0.2) is 17.6 Å². The average Bonchev–Trinajstić information content (AvgIpc) is 3.34. The van der Waals surface area contributed by atoms with Crippen molar-refractivity contribution in [3.63, 3.8) is 0 Å². The fourth-order valence-corrected chi connectivity index (χ4v) is 3.95. The van der Waals surface area contributed by atoms with Gasteiger partial charge in [0.2, 0.25) is 12.7 Å². The van der Waals surface area contributed by atoms with Crippen molar-refractivity contribution in [3.8, 4) is 17.2 Å². The van der Waals surface area contributed by atoms with Gasteiger partial charge in [0.25, 0.3) is 0 Å². The summed E-state index contributed by atoms with van der Waals surface area (Å²) < 4.78 is 22.5. The lowest BCUT2D eigenvalue weighted by Crippen LogP contribution is -2.27. The second kappa shape index (κ2) is 11.7. The molecule has 2 amide bonds. The Morgan fingerprint density at radius 2 is 1.86 bits per heavy atom. The lowest BCUT2D eigenvalue weighted by molar-refractivity contribution is -0.112. The van der Waals surface area contributed by atoms with Gasteiger partial charge in [-0.25, -0.2) is 4.79 Å². The van der Waals surface area contributed by atoms with E-state index < -0.39 is 24.2 Å². The summed E-state index contributed by atoms with van der Waals surface area (Å²) in [6.45, 7) is 0.0970. The topological polar surface area (TPSA) is 141 Å². The predicted octanol–water partition coefficient (Wildman–Crippen LogP) is 4.97. The number of amides is 2. The molecule has 1 heterocycles. The number of ether oxygens (including phenoxy) is 4. The number of hydrogen-bond donors (Lipinski definition) is 4. The molecule has 0 fully saturated rings. The summed E-state index contributed by atoms with van der Waals surface area (Å²) >= 11 is 3.36. The lowest BCUT2D eigenvalue weighted by atomic mass is 10.0. The molecule has 3 aromatic carbocycles. The number of phenolic OH excluding ortho intramolecular Hbond substituents is 1. The Hall–Kier alpha value is -4.22.